The highest BCUT2D eigenvalue weighted by atomic mass is 16.4. The van der Waals surface area contributed by atoms with E-state index in [9.17, 15) is 4.79 Å². The van der Waals surface area contributed by atoms with Gasteiger partial charge in [0.1, 0.15) is 0 Å². The van der Waals surface area contributed by atoms with Gasteiger partial charge in [-0.25, -0.2) is 0 Å². The van der Waals surface area contributed by atoms with Gasteiger partial charge >= 0.3 is 0 Å². The van der Waals surface area contributed by atoms with Crippen molar-refractivity contribution in [3.8, 4) is 23.8 Å². The molecule has 1 heterocycles. The third-order valence-corrected chi connectivity index (χ3v) is 2.72. The van der Waals surface area contributed by atoms with Crippen molar-refractivity contribution in [2.75, 3.05) is 6.54 Å². The molecule has 0 radical (unpaired) electrons. The lowest BCUT2D eigenvalue weighted by Crippen LogP contribution is -2.23. The highest BCUT2D eigenvalue weighted by Gasteiger charge is 2.10. The Labute approximate surface area is 117 Å². The zero-order chi connectivity index (χ0) is 14.4. The average Bonchev–Trinajstić information content (AvgIpc) is 2.92. The monoisotopic (exact) mass is 269 g/mol. The number of hydrogen-bond acceptors (Lipinski definition) is 4. The molecule has 0 saturated carbocycles. The van der Waals surface area contributed by atoms with Gasteiger partial charge in [-0.05, 0) is 19.1 Å². The van der Waals surface area contributed by atoms with Gasteiger partial charge in [-0.2, -0.15) is 0 Å². The van der Waals surface area contributed by atoms with Crippen molar-refractivity contribution in [1.29, 1.82) is 0 Å². The number of benzene rings is 1. The molecule has 0 aliphatic heterocycles. The quantitative estimate of drug-likeness (QED) is 0.839. The van der Waals surface area contributed by atoms with Gasteiger partial charge in [0.15, 0.2) is 0 Å². The number of carbonyl (C=O) groups excluding carboxylic acids is 1. The fourth-order valence-electron chi connectivity index (χ4n) is 1.63. The molecule has 1 N–H and O–H groups in total. The van der Waals surface area contributed by atoms with Crippen molar-refractivity contribution in [2.24, 2.45) is 0 Å². The Morgan fingerprint density at radius 1 is 1.35 bits per heavy atom. The van der Waals surface area contributed by atoms with E-state index in [-0.39, 0.29) is 18.9 Å². The summed E-state index contributed by atoms with van der Waals surface area (Å²) >= 11 is 0. The van der Waals surface area contributed by atoms with Crippen LogP contribution in [0, 0.1) is 19.3 Å². The number of aromatic nitrogens is 2. The molecule has 2 rings (SSSR count). The molecule has 0 unspecified atom stereocenters. The lowest BCUT2D eigenvalue weighted by molar-refractivity contribution is -0.120. The Bertz CT molecular complexity index is 623. The highest BCUT2D eigenvalue weighted by Crippen LogP contribution is 2.18. The van der Waals surface area contributed by atoms with Crippen LogP contribution in [0.5, 0.6) is 0 Å². The van der Waals surface area contributed by atoms with Gasteiger partial charge in [0.05, 0.1) is 6.54 Å². The predicted octanol–water partition coefficient (Wildman–Crippen LogP) is 1.73. The summed E-state index contributed by atoms with van der Waals surface area (Å²) in [6, 6.07) is 7.80. The zero-order valence-corrected chi connectivity index (χ0v) is 11.2. The van der Waals surface area contributed by atoms with Crippen molar-refractivity contribution < 1.29 is 9.21 Å². The molecule has 0 spiro atoms. The minimum Gasteiger partial charge on any atom is -0.421 e. The average molecular weight is 269 g/mol. The van der Waals surface area contributed by atoms with Crippen LogP contribution in [-0.2, 0) is 11.2 Å². The van der Waals surface area contributed by atoms with E-state index in [1.54, 1.807) is 0 Å². The van der Waals surface area contributed by atoms with Crippen LogP contribution >= 0.6 is 0 Å². The molecule has 5 nitrogen and oxygen atoms in total. The number of rotatable bonds is 5. The second-order valence-corrected chi connectivity index (χ2v) is 4.35. The Morgan fingerprint density at radius 3 is 2.80 bits per heavy atom. The molecule has 1 aromatic carbocycles. The number of hydrogen-bond donors (Lipinski definition) is 1. The number of nitrogens with zero attached hydrogens (tertiary/aromatic N) is 2. The van der Waals surface area contributed by atoms with E-state index in [1.165, 1.54) is 5.56 Å². The largest absolute Gasteiger partial charge is 0.421 e. The molecule has 0 atom stereocenters. The fourth-order valence-corrected chi connectivity index (χ4v) is 1.63. The van der Waals surface area contributed by atoms with Crippen molar-refractivity contribution in [2.45, 2.75) is 19.8 Å². The van der Waals surface area contributed by atoms with E-state index in [0.717, 1.165) is 5.56 Å². The molecule has 0 saturated heterocycles. The van der Waals surface area contributed by atoms with Gasteiger partial charge in [-0.3, -0.25) is 4.79 Å². The van der Waals surface area contributed by atoms with Crippen LogP contribution in [-0.4, -0.2) is 22.6 Å². The Hall–Kier alpha value is -2.61. The molecule has 1 aromatic heterocycles. The van der Waals surface area contributed by atoms with E-state index in [4.69, 9.17) is 10.8 Å². The summed E-state index contributed by atoms with van der Waals surface area (Å²) in [5.74, 6) is 3.12. The third-order valence-electron chi connectivity index (χ3n) is 2.72. The Kier molecular flexibility index (Phi) is 4.51. The van der Waals surface area contributed by atoms with Crippen molar-refractivity contribution in [1.82, 2.24) is 15.5 Å². The van der Waals surface area contributed by atoms with Crippen LogP contribution in [0.3, 0.4) is 0 Å². The van der Waals surface area contributed by atoms with Gasteiger partial charge < -0.3 is 9.73 Å². The van der Waals surface area contributed by atoms with Crippen LogP contribution in [0.25, 0.3) is 11.5 Å². The summed E-state index contributed by atoms with van der Waals surface area (Å²) in [5, 5.41) is 10.5. The zero-order valence-electron chi connectivity index (χ0n) is 11.2. The van der Waals surface area contributed by atoms with Crippen LogP contribution in [0.4, 0.5) is 0 Å². The van der Waals surface area contributed by atoms with Crippen LogP contribution in [0.2, 0.25) is 0 Å². The van der Waals surface area contributed by atoms with Crippen molar-refractivity contribution in [3.05, 3.63) is 35.7 Å². The highest BCUT2D eigenvalue weighted by molar-refractivity contribution is 5.76. The summed E-state index contributed by atoms with van der Waals surface area (Å²) in [4.78, 5) is 11.4. The molecule has 1 amide bonds. The number of amides is 1. The van der Waals surface area contributed by atoms with E-state index >= 15 is 0 Å². The van der Waals surface area contributed by atoms with Crippen molar-refractivity contribution >= 4 is 5.91 Å². The molecule has 0 bridgehead atoms. The number of nitrogens with one attached hydrogen (secondary N) is 1. The van der Waals surface area contributed by atoms with Gasteiger partial charge in [0.25, 0.3) is 0 Å². The molecule has 0 aliphatic carbocycles. The Balaban J connectivity index is 1.94. The molecule has 20 heavy (non-hydrogen) atoms. The first kappa shape index (κ1) is 13.8. The van der Waals surface area contributed by atoms with E-state index < -0.39 is 0 Å². The number of aryl methyl sites for hydroxylation is 2. The summed E-state index contributed by atoms with van der Waals surface area (Å²) in [7, 11) is 0. The summed E-state index contributed by atoms with van der Waals surface area (Å²) < 4.78 is 5.52. The molecule has 5 heteroatoms. The normalized spacial score (nSPS) is 10.0. The van der Waals surface area contributed by atoms with Crippen LogP contribution in [0.15, 0.2) is 28.7 Å². The van der Waals surface area contributed by atoms with Crippen molar-refractivity contribution in [3.63, 3.8) is 0 Å². The molecule has 2 aromatic rings. The van der Waals surface area contributed by atoms with Gasteiger partial charge in [-0.15, -0.1) is 16.6 Å². The topological polar surface area (TPSA) is 68.0 Å². The maximum Gasteiger partial charge on any atom is 0.247 e. The smallest absolute Gasteiger partial charge is 0.247 e. The molecular weight excluding hydrogens is 254 g/mol. The maximum absolute atomic E-state index is 11.4. The van der Waals surface area contributed by atoms with Gasteiger partial charge in [0.2, 0.25) is 17.7 Å². The van der Waals surface area contributed by atoms with E-state index in [0.29, 0.717) is 18.2 Å². The van der Waals surface area contributed by atoms with E-state index in [2.05, 4.69) is 21.4 Å². The third kappa shape index (κ3) is 3.69. The number of carbonyl (C=O) groups is 1. The second-order valence-electron chi connectivity index (χ2n) is 4.35. The van der Waals surface area contributed by atoms with Gasteiger partial charge in [-0.1, -0.05) is 23.6 Å². The fraction of sp³-hybridized carbons (Fsp3) is 0.267. The first-order valence-corrected chi connectivity index (χ1v) is 6.28. The first-order chi connectivity index (χ1) is 9.69. The van der Waals surface area contributed by atoms with E-state index in [1.807, 2.05) is 31.2 Å². The van der Waals surface area contributed by atoms with Crippen LogP contribution < -0.4 is 5.32 Å². The standard InChI is InChI=1S/C15H15N3O2/c1-3-10-16-13(19)8-9-14-17-18-15(20-14)12-6-4-11(2)5-7-12/h1,4-7H,8-10H2,2H3,(H,16,19). The summed E-state index contributed by atoms with van der Waals surface area (Å²) in [6.45, 7) is 2.25. The second kappa shape index (κ2) is 6.53. The maximum atomic E-state index is 11.4. The van der Waals surface area contributed by atoms with Crippen LogP contribution in [0.1, 0.15) is 17.9 Å². The molecule has 102 valence electrons. The summed E-state index contributed by atoms with van der Waals surface area (Å²) in [6.07, 6.45) is 5.73. The SMILES string of the molecule is C#CCNC(=O)CCc1nnc(-c2ccc(C)cc2)o1. The minimum absolute atomic E-state index is 0.127. The molecule has 0 fully saturated rings. The van der Waals surface area contributed by atoms with Gasteiger partial charge in [0, 0.05) is 18.4 Å². The lowest BCUT2D eigenvalue weighted by Gasteiger charge is -1.98. The molecule has 0 aliphatic rings. The minimum atomic E-state index is -0.127. The summed E-state index contributed by atoms with van der Waals surface area (Å²) in [5.41, 5.74) is 2.03. The molecular formula is C15H15N3O2. The Morgan fingerprint density at radius 2 is 2.10 bits per heavy atom. The number of terminal acetylenes is 1. The first-order valence-electron chi connectivity index (χ1n) is 6.28. The predicted molar refractivity (Wildman–Crippen MR) is 74.6 cm³/mol. The lowest BCUT2D eigenvalue weighted by atomic mass is 10.1.